The Balaban J connectivity index is 1.99. The predicted molar refractivity (Wildman–Crippen MR) is 67.5 cm³/mol. The second kappa shape index (κ2) is 5.14. The number of hydrogen-bond donors (Lipinski definition) is 1. The topological polar surface area (TPSA) is 53.4 Å². The molecule has 1 aliphatic heterocycles. The van der Waals surface area contributed by atoms with E-state index in [4.69, 9.17) is 5.11 Å². The van der Waals surface area contributed by atoms with Crippen molar-refractivity contribution < 1.29 is 9.90 Å². The first-order valence-electron chi connectivity index (χ1n) is 5.96. The first-order chi connectivity index (χ1) is 8.06. The molecule has 1 aromatic rings. The molecule has 1 saturated heterocycles. The van der Waals surface area contributed by atoms with Gasteiger partial charge in [0, 0.05) is 23.9 Å². The average molecular weight is 254 g/mol. The number of carboxylic acid groups (broad SMARTS) is 1. The Bertz CT molecular complexity index is 403. The number of thiazole rings is 1. The second-order valence-electron chi connectivity index (χ2n) is 4.82. The van der Waals surface area contributed by atoms with E-state index in [2.05, 4.69) is 23.7 Å². The highest BCUT2D eigenvalue weighted by atomic mass is 32.1. The van der Waals surface area contributed by atoms with Gasteiger partial charge in [0.1, 0.15) is 0 Å². The number of likely N-dealkylation sites (tertiary alicyclic amines) is 1. The van der Waals surface area contributed by atoms with Gasteiger partial charge < -0.3 is 10.0 Å². The highest BCUT2D eigenvalue weighted by Crippen LogP contribution is 2.30. The number of carbonyl (C=O) groups is 1. The summed E-state index contributed by atoms with van der Waals surface area (Å²) in [5, 5.41) is 11.7. The van der Waals surface area contributed by atoms with E-state index in [1.54, 1.807) is 11.3 Å². The Morgan fingerprint density at radius 2 is 2.47 bits per heavy atom. The fraction of sp³-hybridized carbons (Fsp3) is 0.667. The maximum absolute atomic E-state index is 10.6. The number of rotatable bonds is 4. The lowest BCUT2D eigenvalue weighted by atomic mass is 10.1. The maximum atomic E-state index is 10.6. The van der Waals surface area contributed by atoms with Crippen LogP contribution in [0.25, 0.3) is 0 Å². The number of aliphatic carboxylic acids is 1. The number of nitrogens with zero attached hydrogens (tertiary/aromatic N) is 2. The maximum Gasteiger partial charge on any atom is 0.309 e. The fourth-order valence-corrected chi connectivity index (χ4v) is 3.15. The van der Waals surface area contributed by atoms with E-state index in [-0.39, 0.29) is 6.42 Å². The molecule has 0 saturated carbocycles. The van der Waals surface area contributed by atoms with Crippen molar-refractivity contribution >= 4 is 17.3 Å². The summed E-state index contributed by atoms with van der Waals surface area (Å²) in [6.45, 7) is 6.59. The van der Waals surface area contributed by atoms with Crippen molar-refractivity contribution in [2.45, 2.75) is 38.6 Å². The van der Waals surface area contributed by atoms with Crippen LogP contribution in [0.15, 0.2) is 5.38 Å². The van der Waals surface area contributed by atoms with Gasteiger partial charge in [-0.3, -0.25) is 4.79 Å². The zero-order valence-electron chi connectivity index (χ0n) is 10.2. The Morgan fingerprint density at radius 1 is 1.71 bits per heavy atom. The van der Waals surface area contributed by atoms with Crippen LogP contribution in [0.5, 0.6) is 0 Å². The van der Waals surface area contributed by atoms with Crippen molar-refractivity contribution in [1.82, 2.24) is 9.88 Å². The Hall–Kier alpha value is -0.940. The molecule has 0 aromatic carbocycles. The Labute approximate surface area is 105 Å². The molecule has 1 unspecified atom stereocenters. The monoisotopic (exact) mass is 254 g/mol. The van der Waals surface area contributed by atoms with Gasteiger partial charge in [0.2, 0.25) is 0 Å². The summed E-state index contributed by atoms with van der Waals surface area (Å²) < 4.78 is 0. The molecule has 5 heteroatoms. The van der Waals surface area contributed by atoms with Crippen molar-refractivity contribution in [3.8, 4) is 0 Å². The average Bonchev–Trinajstić information content (AvgIpc) is 2.83. The molecule has 2 rings (SSSR count). The van der Waals surface area contributed by atoms with Gasteiger partial charge in [-0.05, 0) is 26.8 Å². The van der Waals surface area contributed by atoms with E-state index in [1.807, 2.05) is 5.38 Å². The molecule has 0 spiro atoms. The number of aromatic nitrogens is 1. The van der Waals surface area contributed by atoms with Gasteiger partial charge in [0.25, 0.3) is 0 Å². The van der Waals surface area contributed by atoms with Crippen molar-refractivity contribution in [3.05, 3.63) is 16.1 Å². The third-order valence-electron chi connectivity index (χ3n) is 3.20. The molecule has 1 atom stereocenters. The van der Waals surface area contributed by atoms with Gasteiger partial charge in [-0.25, -0.2) is 4.98 Å². The molecule has 1 N–H and O–H groups in total. The minimum absolute atomic E-state index is 0.0388. The summed E-state index contributed by atoms with van der Waals surface area (Å²) in [6.07, 6.45) is 1.18. The van der Waals surface area contributed by atoms with Gasteiger partial charge >= 0.3 is 5.97 Å². The second-order valence-corrected chi connectivity index (χ2v) is 5.71. The third kappa shape index (κ3) is 3.04. The largest absolute Gasteiger partial charge is 0.481 e. The SMILES string of the molecule is CC(C)N1CCC(c2nc(CC(=O)O)cs2)C1. The van der Waals surface area contributed by atoms with Gasteiger partial charge in [0.15, 0.2) is 0 Å². The van der Waals surface area contributed by atoms with Gasteiger partial charge in [-0.15, -0.1) is 11.3 Å². The van der Waals surface area contributed by atoms with Crippen molar-refractivity contribution in [3.63, 3.8) is 0 Å². The first kappa shape index (κ1) is 12.5. The smallest absolute Gasteiger partial charge is 0.309 e. The molecule has 0 aliphatic carbocycles. The van der Waals surface area contributed by atoms with Crippen molar-refractivity contribution in [2.75, 3.05) is 13.1 Å². The van der Waals surface area contributed by atoms with E-state index < -0.39 is 5.97 Å². The molecule has 2 heterocycles. The van der Waals surface area contributed by atoms with E-state index in [9.17, 15) is 4.79 Å². The van der Waals surface area contributed by atoms with Crippen LogP contribution in [-0.4, -0.2) is 40.1 Å². The molecular weight excluding hydrogens is 236 g/mol. The number of carboxylic acids is 1. The third-order valence-corrected chi connectivity index (χ3v) is 4.26. The quantitative estimate of drug-likeness (QED) is 0.892. The molecular formula is C12H18N2O2S. The summed E-state index contributed by atoms with van der Waals surface area (Å²) >= 11 is 1.60. The minimum Gasteiger partial charge on any atom is -0.481 e. The summed E-state index contributed by atoms with van der Waals surface area (Å²) in [5.41, 5.74) is 0.695. The van der Waals surface area contributed by atoms with Crippen molar-refractivity contribution in [1.29, 1.82) is 0 Å². The van der Waals surface area contributed by atoms with Crippen LogP contribution in [-0.2, 0) is 11.2 Å². The van der Waals surface area contributed by atoms with E-state index in [0.717, 1.165) is 24.5 Å². The van der Waals surface area contributed by atoms with E-state index in [1.165, 1.54) is 0 Å². The zero-order chi connectivity index (χ0) is 12.4. The van der Waals surface area contributed by atoms with Crippen LogP contribution in [0.3, 0.4) is 0 Å². The molecule has 94 valence electrons. The van der Waals surface area contributed by atoms with Crippen molar-refractivity contribution in [2.24, 2.45) is 0 Å². The lowest BCUT2D eigenvalue weighted by Crippen LogP contribution is -2.27. The highest BCUT2D eigenvalue weighted by molar-refractivity contribution is 7.09. The van der Waals surface area contributed by atoms with Crippen LogP contribution in [0.2, 0.25) is 0 Å². The Kier molecular flexibility index (Phi) is 3.79. The van der Waals surface area contributed by atoms with E-state index >= 15 is 0 Å². The molecule has 1 aliphatic rings. The van der Waals surface area contributed by atoms with Gasteiger partial charge in [-0.1, -0.05) is 0 Å². The first-order valence-corrected chi connectivity index (χ1v) is 6.84. The fourth-order valence-electron chi connectivity index (χ4n) is 2.20. The molecule has 1 aromatic heterocycles. The summed E-state index contributed by atoms with van der Waals surface area (Å²) in [6, 6.07) is 0.582. The molecule has 0 radical (unpaired) electrons. The van der Waals surface area contributed by atoms with Crippen LogP contribution < -0.4 is 0 Å². The standard InChI is InChI=1S/C12H18N2O2S/c1-8(2)14-4-3-9(6-14)12-13-10(7-17-12)5-11(15)16/h7-9H,3-6H2,1-2H3,(H,15,16). The lowest BCUT2D eigenvalue weighted by Gasteiger charge is -2.19. The molecule has 4 nitrogen and oxygen atoms in total. The summed E-state index contributed by atoms with van der Waals surface area (Å²) in [7, 11) is 0. The van der Waals surface area contributed by atoms with Crippen LogP contribution in [0.4, 0.5) is 0 Å². The van der Waals surface area contributed by atoms with Gasteiger partial charge in [0.05, 0.1) is 17.1 Å². The Morgan fingerprint density at radius 3 is 3.06 bits per heavy atom. The predicted octanol–water partition coefficient (Wildman–Crippen LogP) is 1.97. The van der Waals surface area contributed by atoms with Crippen LogP contribution in [0, 0.1) is 0 Å². The van der Waals surface area contributed by atoms with E-state index in [0.29, 0.717) is 17.7 Å². The minimum atomic E-state index is -0.808. The van der Waals surface area contributed by atoms with Crippen LogP contribution >= 0.6 is 11.3 Å². The highest BCUT2D eigenvalue weighted by Gasteiger charge is 2.27. The summed E-state index contributed by atoms with van der Waals surface area (Å²) in [4.78, 5) is 17.5. The summed E-state index contributed by atoms with van der Waals surface area (Å²) in [5.74, 6) is -0.318. The molecule has 0 amide bonds. The molecule has 17 heavy (non-hydrogen) atoms. The zero-order valence-corrected chi connectivity index (χ0v) is 11.0. The van der Waals surface area contributed by atoms with Crippen LogP contribution in [0.1, 0.15) is 36.9 Å². The number of hydrogen-bond acceptors (Lipinski definition) is 4. The lowest BCUT2D eigenvalue weighted by molar-refractivity contribution is -0.136. The van der Waals surface area contributed by atoms with Gasteiger partial charge in [-0.2, -0.15) is 0 Å². The molecule has 0 bridgehead atoms. The normalized spacial score (nSPS) is 21.2. The molecule has 1 fully saturated rings.